The van der Waals surface area contributed by atoms with E-state index in [0.717, 1.165) is 12.8 Å². The summed E-state index contributed by atoms with van der Waals surface area (Å²) < 4.78 is 0. The Morgan fingerprint density at radius 2 is 0.837 bits per heavy atom. The van der Waals surface area contributed by atoms with Crippen molar-refractivity contribution in [2.45, 2.75) is 18.3 Å². The van der Waals surface area contributed by atoms with Crippen molar-refractivity contribution in [2.24, 2.45) is 0 Å². The molecule has 0 nitrogen and oxygen atoms in total. The third kappa shape index (κ3) is 3.80. The summed E-state index contributed by atoms with van der Waals surface area (Å²) in [7, 11) is 0. The Morgan fingerprint density at radius 1 is 0.327 bits per heavy atom. The number of benzene rings is 9. The molecular formula is C49H32. The topological polar surface area (TPSA) is 0 Å². The number of hydrogen-bond acceptors (Lipinski definition) is 0. The van der Waals surface area contributed by atoms with Crippen molar-refractivity contribution in [1.29, 1.82) is 0 Å². The van der Waals surface area contributed by atoms with Crippen LogP contribution in [-0.4, -0.2) is 0 Å². The SMILES string of the molecule is c1ccc(-c2ccccc2-c2ccc3c(c2)C2(Cc4ccccc4C2)c2cc(-c4ccc5ccc6cccc7ccc4c5c67)ccc2-3)cc1. The van der Waals surface area contributed by atoms with Crippen molar-refractivity contribution >= 4 is 32.3 Å². The third-order valence-corrected chi connectivity index (χ3v) is 11.6. The Kier molecular flexibility index (Phi) is 5.52. The van der Waals surface area contributed by atoms with Gasteiger partial charge in [-0.2, -0.15) is 0 Å². The van der Waals surface area contributed by atoms with Crippen LogP contribution in [0.1, 0.15) is 22.3 Å². The van der Waals surface area contributed by atoms with E-state index in [9.17, 15) is 0 Å². The fourth-order valence-electron chi connectivity index (χ4n) is 9.42. The summed E-state index contributed by atoms with van der Waals surface area (Å²) in [5.74, 6) is 0. The van der Waals surface area contributed by atoms with E-state index in [1.54, 1.807) is 0 Å². The standard InChI is InChI=1S/C49H32/c1-2-9-31(10-3-1)39-15-6-7-16-40(39)35-21-24-42-43-25-22-36(28-46(43)49(45(42)27-35)29-37-11-4-5-12-38(37)30-49)41-23-19-34-18-17-32-13-8-14-33-20-26-44(41)48(34)47(32)33/h1-28H,29-30H2. The Hall–Kier alpha value is -5.98. The lowest BCUT2D eigenvalue weighted by atomic mass is 9.74. The van der Waals surface area contributed by atoms with E-state index in [0.29, 0.717) is 0 Å². The molecule has 9 aromatic carbocycles. The number of hydrogen-bond donors (Lipinski definition) is 0. The molecular weight excluding hydrogens is 589 g/mol. The second-order valence-electron chi connectivity index (χ2n) is 14.1. The lowest BCUT2D eigenvalue weighted by Gasteiger charge is -2.28. The lowest BCUT2D eigenvalue weighted by molar-refractivity contribution is 0.564. The zero-order valence-electron chi connectivity index (χ0n) is 27.1. The summed E-state index contributed by atoms with van der Waals surface area (Å²) in [4.78, 5) is 0. The molecule has 0 aromatic heterocycles. The van der Waals surface area contributed by atoms with E-state index in [1.807, 2.05) is 0 Å². The van der Waals surface area contributed by atoms with Crippen LogP contribution in [0, 0.1) is 0 Å². The molecule has 228 valence electrons. The molecule has 0 heteroatoms. The monoisotopic (exact) mass is 620 g/mol. The highest BCUT2D eigenvalue weighted by Crippen LogP contribution is 2.57. The first-order valence-electron chi connectivity index (χ1n) is 17.4. The van der Waals surface area contributed by atoms with Crippen LogP contribution in [0.3, 0.4) is 0 Å². The van der Waals surface area contributed by atoms with Gasteiger partial charge in [0.15, 0.2) is 0 Å². The van der Waals surface area contributed by atoms with E-state index in [1.165, 1.54) is 99.1 Å². The highest BCUT2D eigenvalue weighted by Gasteiger charge is 2.47. The highest BCUT2D eigenvalue weighted by atomic mass is 14.5. The minimum absolute atomic E-state index is 0.105. The van der Waals surface area contributed by atoms with Gasteiger partial charge in [0.1, 0.15) is 0 Å². The molecule has 0 bridgehead atoms. The average molecular weight is 621 g/mol. The van der Waals surface area contributed by atoms with Crippen LogP contribution in [0.2, 0.25) is 0 Å². The van der Waals surface area contributed by atoms with Crippen LogP contribution in [0.4, 0.5) is 0 Å². The molecule has 0 unspecified atom stereocenters. The van der Waals surface area contributed by atoms with E-state index in [-0.39, 0.29) is 5.41 Å². The fraction of sp³-hybridized carbons (Fsp3) is 0.0612. The van der Waals surface area contributed by atoms with Gasteiger partial charge in [0.2, 0.25) is 0 Å². The van der Waals surface area contributed by atoms with Crippen molar-refractivity contribution in [3.63, 3.8) is 0 Å². The zero-order chi connectivity index (χ0) is 32.1. The zero-order valence-corrected chi connectivity index (χ0v) is 27.1. The second-order valence-corrected chi connectivity index (χ2v) is 14.1. The van der Waals surface area contributed by atoms with Gasteiger partial charge >= 0.3 is 0 Å². The van der Waals surface area contributed by atoms with Crippen molar-refractivity contribution in [3.8, 4) is 44.5 Å². The molecule has 2 aliphatic rings. The van der Waals surface area contributed by atoms with E-state index in [4.69, 9.17) is 0 Å². The second kappa shape index (κ2) is 10.0. The molecule has 0 N–H and O–H groups in total. The molecule has 49 heavy (non-hydrogen) atoms. The van der Waals surface area contributed by atoms with Gasteiger partial charge in [0.25, 0.3) is 0 Å². The highest BCUT2D eigenvalue weighted by molar-refractivity contribution is 6.25. The summed E-state index contributed by atoms with van der Waals surface area (Å²) >= 11 is 0. The molecule has 0 heterocycles. The summed E-state index contributed by atoms with van der Waals surface area (Å²) in [5.41, 5.74) is 16.3. The van der Waals surface area contributed by atoms with E-state index >= 15 is 0 Å². The van der Waals surface area contributed by atoms with Crippen LogP contribution < -0.4 is 0 Å². The number of rotatable bonds is 3. The molecule has 0 saturated heterocycles. The van der Waals surface area contributed by atoms with Crippen LogP contribution in [0.15, 0.2) is 170 Å². The van der Waals surface area contributed by atoms with E-state index in [2.05, 4.69) is 170 Å². The smallest absolute Gasteiger partial charge is 0.0296 e. The maximum absolute atomic E-state index is 2.55. The quantitative estimate of drug-likeness (QED) is 0.172. The van der Waals surface area contributed by atoms with Gasteiger partial charge in [-0.05, 0) is 124 Å². The molecule has 0 radical (unpaired) electrons. The Labute approximate surface area is 286 Å². The van der Waals surface area contributed by atoms with Crippen LogP contribution in [0.5, 0.6) is 0 Å². The maximum atomic E-state index is 2.55. The average Bonchev–Trinajstić information content (AvgIpc) is 3.69. The van der Waals surface area contributed by atoms with Crippen molar-refractivity contribution in [2.75, 3.05) is 0 Å². The molecule has 0 amide bonds. The predicted octanol–water partition coefficient (Wildman–Crippen LogP) is 12.7. The molecule has 2 aliphatic carbocycles. The van der Waals surface area contributed by atoms with Gasteiger partial charge in [-0.15, -0.1) is 0 Å². The lowest BCUT2D eigenvalue weighted by Crippen LogP contribution is -2.26. The summed E-state index contributed by atoms with van der Waals surface area (Å²) in [6, 6.07) is 63.9. The summed E-state index contributed by atoms with van der Waals surface area (Å²) in [5, 5.41) is 8.01. The van der Waals surface area contributed by atoms with Gasteiger partial charge < -0.3 is 0 Å². The molecule has 11 rings (SSSR count). The minimum atomic E-state index is -0.105. The third-order valence-electron chi connectivity index (χ3n) is 11.6. The molecule has 0 fully saturated rings. The Bertz CT molecular complexity index is 2720. The largest absolute Gasteiger partial charge is 0.0622 e. The molecule has 0 saturated carbocycles. The fourth-order valence-corrected chi connectivity index (χ4v) is 9.42. The van der Waals surface area contributed by atoms with Gasteiger partial charge in [-0.1, -0.05) is 158 Å². The first kappa shape index (κ1) is 27.0. The maximum Gasteiger partial charge on any atom is 0.0296 e. The Balaban J connectivity index is 1.12. The predicted molar refractivity (Wildman–Crippen MR) is 207 cm³/mol. The van der Waals surface area contributed by atoms with E-state index < -0.39 is 0 Å². The molecule has 1 spiro atoms. The van der Waals surface area contributed by atoms with Crippen molar-refractivity contribution in [3.05, 3.63) is 192 Å². The van der Waals surface area contributed by atoms with Gasteiger partial charge in [0, 0.05) is 5.41 Å². The van der Waals surface area contributed by atoms with Crippen LogP contribution in [-0.2, 0) is 18.3 Å². The van der Waals surface area contributed by atoms with Crippen LogP contribution in [0.25, 0.3) is 76.8 Å². The first-order valence-corrected chi connectivity index (χ1v) is 17.4. The molecule has 0 atom stereocenters. The normalized spacial score (nSPS) is 14.1. The minimum Gasteiger partial charge on any atom is -0.0622 e. The molecule has 0 aliphatic heterocycles. The van der Waals surface area contributed by atoms with Gasteiger partial charge in [-0.25, -0.2) is 0 Å². The molecule has 9 aromatic rings. The van der Waals surface area contributed by atoms with Gasteiger partial charge in [0.05, 0.1) is 0 Å². The first-order chi connectivity index (χ1) is 24.2. The van der Waals surface area contributed by atoms with Crippen molar-refractivity contribution < 1.29 is 0 Å². The van der Waals surface area contributed by atoms with Crippen LogP contribution >= 0.6 is 0 Å². The number of fused-ring (bicyclic) bond motifs is 6. The van der Waals surface area contributed by atoms with Gasteiger partial charge in [-0.3, -0.25) is 0 Å². The van der Waals surface area contributed by atoms with Crippen molar-refractivity contribution in [1.82, 2.24) is 0 Å². The summed E-state index contributed by atoms with van der Waals surface area (Å²) in [6.07, 6.45) is 2.05. The summed E-state index contributed by atoms with van der Waals surface area (Å²) in [6.45, 7) is 0. The Morgan fingerprint density at radius 3 is 1.51 bits per heavy atom.